The molecule has 0 saturated heterocycles. The van der Waals surface area contributed by atoms with Crippen LogP contribution in [-0.2, 0) is 4.79 Å². The van der Waals surface area contributed by atoms with Crippen LogP contribution in [0.5, 0.6) is 17.2 Å². The molecule has 0 saturated carbocycles. The van der Waals surface area contributed by atoms with Crippen LogP contribution in [0.15, 0.2) is 18.5 Å². The lowest BCUT2D eigenvalue weighted by molar-refractivity contribution is -0.117. The van der Waals surface area contributed by atoms with Crippen LogP contribution in [0, 0.1) is 0 Å². The van der Waals surface area contributed by atoms with Gasteiger partial charge in [-0.3, -0.25) is 10.1 Å². The summed E-state index contributed by atoms with van der Waals surface area (Å²) in [5.41, 5.74) is 0.779. The molecular weight excluding hydrogens is 288 g/mol. The fourth-order valence-electron chi connectivity index (χ4n) is 2.56. The summed E-state index contributed by atoms with van der Waals surface area (Å²) >= 11 is 0. The van der Waals surface area contributed by atoms with E-state index in [-0.39, 0.29) is 18.4 Å². The third-order valence-corrected chi connectivity index (χ3v) is 3.59. The zero-order valence-electron chi connectivity index (χ0n) is 12.5. The molecule has 1 amide bonds. The van der Waals surface area contributed by atoms with E-state index in [9.17, 15) is 4.79 Å². The first-order valence-corrected chi connectivity index (χ1v) is 6.67. The summed E-state index contributed by atoms with van der Waals surface area (Å²) in [5, 5.41) is 6.87. The number of nitrogens with zero attached hydrogens (tertiary/aromatic N) is 3. The third-order valence-electron chi connectivity index (χ3n) is 3.59. The highest BCUT2D eigenvalue weighted by Crippen LogP contribution is 2.41. The lowest BCUT2D eigenvalue weighted by atomic mass is 10.0. The first-order chi connectivity index (χ1) is 10.7. The van der Waals surface area contributed by atoms with Crippen LogP contribution >= 0.6 is 0 Å². The Morgan fingerprint density at radius 1 is 1.14 bits per heavy atom. The predicted octanol–water partition coefficient (Wildman–Crippen LogP) is 1.24. The second-order valence-electron chi connectivity index (χ2n) is 4.75. The largest absolute Gasteiger partial charge is 0.496 e. The van der Waals surface area contributed by atoms with E-state index in [1.54, 1.807) is 38.1 Å². The van der Waals surface area contributed by atoms with Gasteiger partial charge >= 0.3 is 0 Å². The molecule has 2 aromatic rings. The number of nitrogens with one attached hydrogen (secondary N) is 1. The number of amides is 1. The third kappa shape index (κ3) is 2.22. The van der Waals surface area contributed by atoms with E-state index in [1.165, 1.54) is 6.33 Å². The first-order valence-electron chi connectivity index (χ1n) is 6.67. The second-order valence-corrected chi connectivity index (χ2v) is 4.75. The zero-order valence-corrected chi connectivity index (χ0v) is 12.5. The van der Waals surface area contributed by atoms with E-state index in [2.05, 4.69) is 15.4 Å². The maximum atomic E-state index is 11.9. The molecule has 0 bridgehead atoms. The smallest absolute Gasteiger partial charge is 0.229 e. The van der Waals surface area contributed by atoms with Crippen molar-refractivity contribution in [3.05, 3.63) is 24.0 Å². The lowest BCUT2D eigenvalue weighted by Gasteiger charge is -2.25. The number of carbonyl (C=O) groups is 1. The Morgan fingerprint density at radius 3 is 2.50 bits per heavy atom. The van der Waals surface area contributed by atoms with Crippen LogP contribution in [0.1, 0.15) is 18.0 Å². The van der Waals surface area contributed by atoms with Crippen molar-refractivity contribution >= 4 is 11.9 Å². The topological polar surface area (TPSA) is 87.5 Å². The van der Waals surface area contributed by atoms with Gasteiger partial charge < -0.3 is 14.2 Å². The number of benzene rings is 1. The van der Waals surface area contributed by atoms with Crippen molar-refractivity contribution in [2.75, 3.05) is 26.6 Å². The summed E-state index contributed by atoms with van der Waals surface area (Å²) in [6.45, 7) is 0. The highest BCUT2D eigenvalue weighted by Gasteiger charge is 2.30. The summed E-state index contributed by atoms with van der Waals surface area (Å²) in [6.07, 6.45) is 1.64. The Labute approximate surface area is 127 Å². The number of methoxy groups -OCH3 is 3. The molecular formula is C14H16N4O4. The molecule has 2 heterocycles. The summed E-state index contributed by atoms with van der Waals surface area (Å²) in [5.74, 6) is 2.01. The molecule has 0 aliphatic carbocycles. The van der Waals surface area contributed by atoms with Crippen LogP contribution in [0.4, 0.5) is 5.95 Å². The molecule has 1 aliphatic rings. The van der Waals surface area contributed by atoms with Gasteiger partial charge in [-0.1, -0.05) is 0 Å². The van der Waals surface area contributed by atoms with Crippen LogP contribution < -0.4 is 19.5 Å². The molecule has 1 aromatic carbocycles. The predicted molar refractivity (Wildman–Crippen MR) is 77.5 cm³/mol. The molecule has 8 nitrogen and oxygen atoms in total. The summed E-state index contributed by atoms with van der Waals surface area (Å²) < 4.78 is 17.7. The Kier molecular flexibility index (Phi) is 3.58. The number of ether oxygens (including phenoxy) is 3. The van der Waals surface area contributed by atoms with Gasteiger partial charge in [-0.05, 0) is 6.07 Å². The fourth-order valence-corrected chi connectivity index (χ4v) is 2.56. The Morgan fingerprint density at radius 2 is 1.82 bits per heavy atom. The Hall–Kier alpha value is -2.77. The summed E-state index contributed by atoms with van der Waals surface area (Å²) in [7, 11) is 4.68. The van der Waals surface area contributed by atoms with Crippen LogP contribution in [0.25, 0.3) is 0 Å². The molecule has 0 fully saturated rings. The minimum atomic E-state index is -0.319. The maximum absolute atomic E-state index is 11.9. The van der Waals surface area contributed by atoms with Gasteiger partial charge in [0.1, 0.15) is 12.1 Å². The minimum absolute atomic E-state index is 0.123. The van der Waals surface area contributed by atoms with E-state index in [0.29, 0.717) is 23.2 Å². The molecule has 1 aromatic heterocycles. The van der Waals surface area contributed by atoms with Gasteiger partial charge in [-0.15, -0.1) is 0 Å². The van der Waals surface area contributed by atoms with Crippen LogP contribution in [0.3, 0.4) is 0 Å². The molecule has 1 aliphatic heterocycles. The quantitative estimate of drug-likeness (QED) is 0.914. The first kappa shape index (κ1) is 14.2. The van der Waals surface area contributed by atoms with Gasteiger partial charge in [-0.2, -0.15) is 10.1 Å². The molecule has 1 atom stereocenters. The number of carbonyl (C=O) groups excluding carboxylic acids is 1. The van der Waals surface area contributed by atoms with Gasteiger partial charge in [0, 0.05) is 11.6 Å². The number of rotatable bonds is 4. The molecule has 116 valence electrons. The molecule has 0 radical (unpaired) electrons. The fraction of sp³-hybridized carbons (Fsp3) is 0.357. The van der Waals surface area contributed by atoms with E-state index in [0.717, 1.165) is 5.56 Å². The summed E-state index contributed by atoms with van der Waals surface area (Å²) in [4.78, 5) is 15.9. The van der Waals surface area contributed by atoms with Crippen LogP contribution in [0.2, 0.25) is 0 Å². The number of anilines is 1. The van der Waals surface area contributed by atoms with Crippen molar-refractivity contribution < 1.29 is 19.0 Å². The van der Waals surface area contributed by atoms with Crippen molar-refractivity contribution in [1.82, 2.24) is 14.8 Å². The van der Waals surface area contributed by atoms with Gasteiger partial charge in [0.25, 0.3) is 0 Å². The average Bonchev–Trinajstić information content (AvgIpc) is 3.00. The molecule has 8 heteroatoms. The van der Waals surface area contributed by atoms with E-state index in [4.69, 9.17) is 14.2 Å². The van der Waals surface area contributed by atoms with Crippen molar-refractivity contribution in [2.45, 2.75) is 12.5 Å². The number of hydrogen-bond donors (Lipinski definition) is 1. The minimum Gasteiger partial charge on any atom is -0.496 e. The highest BCUT2D eigenvalue weighted by molar-refractivity contribution is 5.91. The van der Waals surface area contributed by atoms with Gasteiger partial charge in [0.15, 0.2) is 11.5 Å². The van der Waals surface area contributed by atoms with Gasteiger partial charge in [-0.25, -0.2) is 4.68 Å². The Balaban J connectivity index is 2.14. The van der Waals surface area contributed by atoms with E-state index in [1.807, 2.05) is 0 Å². The summed E-state index contributed by atoms with van der Waals surface area (Å²) in [6, 6.07) is 3.21. The average molecular weight is 304 g/mol. The molecule has 0 spiro atoms. The molecule has 0 unspecified atom stereocenters. The Bertz CT molecular complexity index is 713. The van der Waals surface area contributed by atoms with Crippen molar-refractivity contribution in [2.24, 2.45) is 0 Å². The standard InChI is InChI=1S/C14H16N4O4/c1-20-10-6-12(22-3)11(21-2)4-8(10)9-5-13(19)17-14-15-7-16-18(9)14/h4,6-7,9H,5H2,1-3H3,(H,15,16,17,19)/t9-/m0/s1. The molecule has 3 rings (SSSR count). The van der Waals surface area contributed by atoms with Crippen molar-refractivity contribution in [3.8, 4) is 17.2 Å². The number of fused-ring (bicyclic) bond motifs is 1. The zero-order chi connectivity index (χ0) is 15.7. The van der Waals surface area contributed by atoms with Crippen molar-refractivity contribution in [3.63, 3.8) is 0 Å². The van der Waals surface area contributed by atoms with Crippen molar-refractivity contribution in [1.29, 1.82) is 0 Å². The highest BCUT2D eigenvalue weighted by atomic mass is 16.5. The monoisotopic (exact) mass is 304 g/mol. The normalized spacial score (nSPS) is 16.7. The van der Waals surface area contributed by atoms with Gasteiger partial charge in [0.2, 0.25) is 11.9 Å². The number of hydrogen-bond acceptors (Lipinski definition) is 6. The van der Waals surface area contributed by atoms with E-state index >= 15 is 0 Å². The molecule has 22 heavy (non-hydrogen) atoms. The van der Waals surface area contributed by atoms with E-state index < -0.39 is 0 Å². The SMILES string of the molecule is COc1cc(OC)c([C@@H]2CC(=O)Nc3ncnn32)cc1OC. The maximum Gasteiger partial charge on any atom is 0.229 e. The second kappa shape index (κ2) is 5.55. The molecule has 1 N–H and O–H groups in total. The van der Waals surface area contributed by atoms with Crippen LogP contribution in [-0.4, -0.2) is 42.0 Å². The number of aromatic nitrogens is 3. The lowest BCUT2D eigenvalue weighted by Crippen LogP contribution is -2.29. The van der Waals surface area contributed by atoms with Gasteiger partial charge in [0.05, 0.1) is 33.8 Å².